The van der Waals surface area contributed by atoms with Gasteiger partial charge in [0.1, 0.15) is 6.21 Å². The van der Waals surface area contributed by atoms with Gasteiger partial charge >= 0.3 is 5.92 Å². The van der Waals surface area contributed by atoms with Crippen LogP contribution in [0, 0.1) is 0 Å². The number of benzene rings is 1. The molecule has 0 atom stereocenters. The van der Waals surface area contributed by atoms with Gasteiger partial charge in [-0.3, -0.25) is 0 Å². The van der Waals surface area contributed by atoms with E-state index in [9.17, 15) is 13.3 Å². The summed E-state index contributed by atoms with van der Waals surface area (Å²) in [5, 5.41) is 1.81. The molecule has 0 unspecified atom stereocenters. The zero-order valence-corrected chi connectivity index (χ0v) is 6.05. The lowest BCUT2D eigenvalue weighted by molar-refractivity contribution is 0.0803. The van der Waals surface area contributed by atoms with Crippen LogP contribution in [-0.4, -0.2) is 6.21 Å². The van der Waals surface area contributed by atoms with Crippen molar-refractivity contribution in [2.24, 2.45) is 5.21 Å². The van der Waals surface area contributed by atoms with Gasteiger partial charge in [0.05, 0.1) is 0 Å². The number of halogens is 3. The lowest BCUT2D eigenvalue weighted by Gasteiger charge is -2.08. The first kappa shape index (κ1) is 8.77. The van der Waals surface area contributed by atoms with E-state index in [0.717, 1.165) is 0 Å². The maximum absolute atomic E-state index is 12.8. The number of rotatable bonds is 2. The minimum Gasteiger partial charge on any atom is -0.195 e. The zero-order valence-electron chi connectivity index (χ0n) is 6.05. The second-order valence-corrected chi connectivity index (χ2v) is 2.22. The molecule has 1 aromatic carbocycles. The molecule has 1 aromatic rings. The fourth-order valence-electron chi connectivity index (χ4n) is 0.796. The Kier molecular flexibility index (Phi) is 2.47. The summed E-state index contributed by atoms with van der Waals surface area (Å²) >= 11 is 0. The summed E-state index contributed by atoms with van der Waals surface area (Å²) in [4.78, 5) is 0. The lowest BCUT2D eigenvalue weighted by Crippen LogP contribution is -2.14. The molecule has 0 saturated carbocycles. The molecule has 0 amide bonds. The van der Waals surface area contributed by atoms with Gasteiger partial charge < -0.3 is 0 Å². The molecule has 0 radical (unpaired) electrons. The van der Waals surface area contributed by atoms with Gasteiger partial charge in [0.15, 0.2) is 0 Å². The highest BCUT2D eigenvalue weighted by Gasteiger charge is 2.28. The van der Waals surface area contributed by atoms with E-state index in [1.807, 2.05) is 5.21 Å². The van der Waals surface area contributed by atoms with Crippen LogP contribution in [0.3, 0.4) is 0 Å². The molecule has 0 aliphatic carbocycles. The third-order valence-electron chi connectivity index (χ3n) is 1.37. The van der Waals surface area contributed by atoms with Crippen molar-refractivity contribution in [1.82, 2.24) is 0 Å². The van der Waals surface area contributed by atoms with Gasteiger partial charge in [0, 0.05) is 5.56 Å². The fourth-order valence-corrected chi connectivity index (χ4v) is 0.796. The number of alkyl halides is 2. The van der Waals surface area contributed by atoms with Crippen molar-refractivity contribution in [3.63, 3.8) is 0 Å². The van der Waals surface area contributed by atoms with Gasteiger partial charge in [-0.2, -0.15) is 8.78 Å². The first-order chi connectivity index (χ1) is 5.67. The minimum absolute atomic E-state index is 0.0255. The largest absolute Gasteiger partial charge is 0.310 e. The van der Waals surface area contributed by atoms with Gasteiger partial charge in [-0.25, -0.2) is 0 Å². The molecule has 0 N–H and O–H groups in total. The number of hydrogen-bond acceptors (Lipinski definition) is 1. The van der Waals surface area contributed by atoms with Crippen molar-refractivity contribution in [2.45, 2.75) is 5.92 Å². The highest BCUT2D eigenvalue weighted by molar-refractivity contribution is 5.68. The van der Waals surface area contributed by atoms with E-state index in [-0.39, 0.29) is 11.8 Å². The zero-order chi connectivity index (χ0) is 9.03. The lowest BCUT2D eigenvalue weighted by atomic mass is 10.1. The van der Waals surface area contributed by atoms with Gasteiger partial charge in [-0.05, 0) is 0 Å². The first-order valence-corrected chi connectivity index (χ1v) is 3.25. The SMILES string of the molecule is FN=CC(F)(F)c1ccccc1. The molecular weight excluding hydrogens is 167 g/mol. The van der Waals surface area contributed by atoms with Crippen molar-refractivity contribution < 1.29 is 13.3 Å². The van der Waals surface area contributed by atoms with Crippen molar-refractivity contribution in [2.75, 3.05) is 0 Å². The Labute approximate surface area is 67.5 Å². The van der Waals surface area contributed by atoms with Gasteiger partial charge in [-0.15, -0.1) is 0 Å². The van der Waals surface area contributed by atoms with Crippen molar-refractivity contribution in [1.29, 1.82) is 0 Å². The summed E-state index contributed by atoms with van der Waals surface area (Å²) in [7, 11) is 0. The standard InChI is InChI=1S/C8H6F3N/c9-8(10,6-12-11)7-4-2-1-3-5-7/h1-6H. The van der Waals surface area contributed by atoms with Crippen molar-refractivity contribution in [3.8, 4) is 0 Å². The van der Waals surface area contributed by atoms with Crippen LogP contribution in [0.25, 0.3) is 0 Å². The van der Waals surface area contributed by atoms with Crippen LogP contribution in [0.4, 0.5) is 13.3 Å². The highest BCUT2D eigenvalue weighted by Crippen LogP contribution is 2.25. The molecule has 0 heterocycles. The maximum atomic E-state index is 12.8. The van der Waals surface area contributed by atoms with Crippen molar-refractivity contribution >= 4 is 6.21 Å². The highest BCUT2D eigenvalue weighted by atomic mass is 19.3. The van der Waals surface area contributed by atoms with Crippen LogP contribution in [0.5, 0.6) is 0 Å². The molecule has 1 nitrogen and oxygen atoms in total. The second kappa shape index (κ2) is 3.38. The quantitative estimate of drug-likeness (QED) is 0.610. The van der Waals surface area contributed by atoms with E-state index in [1.165, 1.54) is 24.3 Å². The summed E-state index contributed by atoms with van der Waals surface area (Å²) in [6, 6.07) is 6.93. The Balaban J connectivity index is 2.97. The van der Waals surface area contributed by atoms with Gasteiger partial charge in [-0.1, -0.05) is 40.0 Å². The predicted molar refractivity (Wildman–Crippen MR) is 39.9 cm³/mol. The summed E-state index contributed by atoms with van der Waals surface area (Å²) in [5.74, 6) is -3.32. The normalized spacial score (nSPS) is 12.2. The van der Waals surface area contributed by atoms with Crippen LogP contribution in [0.1, 0.15) is 5.56 Å². The minimum atomic E-state index is -3.32. The Morgan fingerprint density at radius 3 is 2.25 bits per heavy atom. The molecule has 0 fully saturated rings. The molecule has 0 spiro atoms. The van der Waals surface area contributed by atoms with Crippen LogP contribution in [-0.2, 0) is 5.92 Å². The summed E-state index contributed by atoms with van der Waals surface area (Å²) in [6.45, 7) is 0. The Morgan fingerprint density at radius 2 is 1.75 bits per heavy atom. The Hall–Kier alpha value is -1.32. The van der Waals surface area contributed by atoms with E-state index < -0.39 is 5.92 Å². The monoisotopic (exact) mass is 173 g/mol. The summed E-state index contributed by atoms with van der Waals surface area (Å²) in [5.41, 5.74) is -0.272. The van der Waals surface area contributed by atoms with E-state index in [0.29, 0.717) is 0 Å². The third-order valence-corrected chi connectivity index (χ3v) is 1.37. The third kappa shape index (κ3) is 1.84. The molecule has 0 aliphatic heterocycles. The van der Waals surface area contributed by atoms with Crippen LogP contribution < -0.4 is 0 Å². The number of nitrogens with zero attached hydrogens (tertiary/aromatic N) is 1. The second-order valence-electron chi connectivity index (χ2n) is 2.22. The van der Waals surface area contributed by atoms with Gasteiger partial charge in [0.25, 0.3) is 0 Å². The van der Waals surface area contributed by atoms with Crippen LogP contribution in [0.15, 0.2) is 35.5 Å². The van der Waals surface area contributed by atoms with E-state index in [4.69, 9.17) is 0 Å². The predicted octanol–water partition coefficient (Wildman–Crippen LogP) is 2.73. The summed E-state index contributed by atoms with van der Waals surface area (Å²) in [6.07, 6.45) is -0.0255. The smallest absolute Gasteiger partial charge is 0.195 e. The van der Waals surface area contributed by atoms with Crippen molar-refractivity contribution in [3.05, 3.63) is 35.9 Å². The van der Waals surface area contributed by atoms with E-state index >= 15 is 0 Å². The molecule has 1 rings (SSSR count). The molecule has 64 valence electrons. The average molecular weight is 173 g/mol. The fraction of sp³-hybridized carbons (Fsp3) is 0.125. The number of hydrogen-bond donors (Lipinski definition) is 0. The van der Waals surface area contributed by atoms with E-state index in [2.05, 4.69) is 0 Å². The van der Waals surface area contributed by atoms with Gasteiger partial charge in [0.2, 0.25) is 0 Å². The van der Waals surface area contributed by atoms with Crippen LogP contribution in [0.2, 0.25) is 0 Å². The molecule has 0 saturated heterocycles. The molecule has 0 aliphatic rings. The molecule has 0 aromatic heterocycles. The topological polar surface area (TPSA) is 12.4 Å². The Bertz CT molecular complexity index is 269. The first-order valence-electron chi connectivity index (χ1n) is 3.25. The van der Waals surface area contributed by atoms with E-state index in [1.54, 1.807) is 6.07 Å². The average Bonchev–Trinajstić information content (AvgIpc) is 2.06. The maximum Gasteiger partial charge on any atom is 0.310 e. The molecule has 0 bridgehead atoms. The molecular formula is C8H6F3N. The molecule has 4 heteroatoms. The van der Waals surface area contributed by atoms with Crippen LogP contribution >= 0.6 is 0 Å². The summed E-state index contributed by atoms with van der Waals surface area (Å²) < 4.78 is 36.8. The molecule has 12 heavy (non-hydrogen) atoms. The Morgan fingerprint density at radius 1 is 1.17 bits per heavy atom.